The summed E-state index contributed by atoms with van der Waals surface area (Å²) in [5, 5.41) is 3.57. The minimum atomic E-state index is 0.776. The van der Waals surface area contributed by atoms with Gasteiger partial charge in [-0.1, -0.05) is 56.3 Å². The Kier molecular flexibility index (Phi) is 4.40. The van der Waals surface area contributed by atoms with E-state index < -0.39 is 0 Å². The van der Waals surface area contributed by atoms with Crippen LogP contribution in [0.1, 0.15) is 43.4 Å². The third-order valence-corrected chi connectivity index (χ3v) is 4.43. The van der Waals surface area contributed by atoms with Crippen molar-refractivity contribution in [1.29, 1.82) is 0 Å². The van der Waals surface area contributed by atoms with Gasteiger partial charge in [-0.15, -0.1) is 0 Å². The Morgan fingerprint density at radius 2 is 1.52 bits per heavy atom. The molecule has 1 fully saturated rings. The number of hydrogen-bond acceptors (Lipinski definition) is 1. The predicted octanol–water partition coefficient (Wildman–Crippen LogP) is 4.73. The number of nitrogens with one attached hydrogen (secondary N) is 1. The summed E-state index contributed by atoms with van der Waals surface area (Å²) in [5.74, 6) is 0. The van der Waals surface area contributed by atoms with E-state index in [1.807, 2.05) is 0 Å². The van der Waals surface area contributed by atoms with E-state index in [4.69, 9.17) is 0 Å². The van der Waals surface area contributed by atoms with Crippen LogP contribution in [0.3, 0.4) is 0 Å². The molecular weight excluding hydrogens is 254 g/mol. The lowest BCUT2D eigenvalue weighted by Crippen LogP contribution is -2.14. The van der Waals surface area contributed by atoms with Crippen LogP contribution in [0.5, 0.6) is 0 Å². The van der Waals surface area contributed by atoms with Crippen molar-refractivity contribution in [2.24, 2.45) is 0 Å². The SMILES string of the molecule is CCc1ccc(-c2ccc(CNC3CC3)cc2)cc1CC. The molecule has 0 atom stereocenters. The fourth-order valence-electron chi connectivity index (χ4n) is 2.84. The molecule has 0 unspecified atom stereocenters. The van der Waals surface area contributed by atoms with Crippen molar-refractivity contribution in [2.75, 3.05) is 0 Å². The molecule has 3 rings (SSSR count). The van der Waals surface area contributed by atoms with Gasteiger partial charge in [0.15, 0.2) is 0 Å². The Labute approximate surface area is 128 Å². The summed E-state index contributed by atoms with van der Waals surface area (Å²) in [5.41, 5.74) is 7.00. The predicted molar refractivity (Wildman–Crippen MR) is 90.5 cm³/mol. The maximum absolute atomic E-state index is 3.57. The smallest absolute Gasteiger partial charge is 0.0208 e. The Hall–Kier alpha value is -1.60. The molecule has 1 aliphatic rings. The molecule has 1 aliphatic carbocycles. The highest BCUT2D eigenvalue weighted by Crippen LogP contribution is 2.24. The van der Waals surface area contributed by atoms with Gasteiger partial charge in [0, 0.05) is 12.6 Å². The molecule has 110 valence electrons. The summed E-state index contributed by atoms with van der Waals surface area (Å²) in [7, 11) is 0. The Morgan fingerprint density at radius 1 is 0.857 bits per heavy atom. The fourth-order valence-corrected chi connectivity index (χ4v) is 2.84. The molecule has 0 saturated heterocycles. The molecular formula is C20H25N. The van der Waals surface area contributed by atoms with Crippen molar-refractivity contribution in [2.45, 2.75) is 52.1 Å². The zero-order valence-corrected chi connectivity index (χ0v) is 13.2. The molecule has 0 aliphatic heterocycles. The first-order valence-corrected chi connectivity index (χ1v) is 8.24. The van der Waals surface area contributed by atoms with Gasteiger partial charge in [0.1, 0.15) is 0 Å². The quantitative estimate of drug-likeness (QED) is 0.806. The zero-order chi connectivity index (χ0) is 14.7. The van der Waals surface area contributed by atoms with Gasteiger partial charge in [-0.05, 0) is 53.5 Å². The maximum atomic E-state index is 3.57. The van der Waals surface area contributed by atoms with Crippen LogP contribution < -0.4 is 5.32 Å². The van der Waals surface area contributed by atoms with E-state index in [2.05, 4.69) is 61.6 Å². The second kappa shape index (κ2) is 6.44. The van der Waals surface area contributed by atoms with Crippen LogP contribution in [-0.2, 0) is 19.4 Å². The van der Waals surface area contributed by atoms with Crippen molar-refractivity contribution >= 4 is 0 Å². The summed E-state index contributed by atoms with van der Waals surface area (Å²) in [6, 6.07) is 16.7. The van der Waals surface area contributed by atoms with E-state index in [0.717, 1.165) is 25.4 Å². The second-order valence-corrected chi connectivity index (χ2v) is 6.04. The summed E-state index contributed by atoms with van der Waals surface area (Å²) < 4.78 is 0. The first kappa shape index (κ1) is 14.3. The van der Waals surface area contributed by atoms with E-state index >= 15 is 0 Å². The van der Waals surface area contributed by atoms with Crippen LogP contribution in [-0.4, -0.2) is 6.04 Å². The largest absolute Gasteiger partial charge is 0.310 e. The zero-order valence-electron chi connectivity index (χ0n) is 13.2. The topological polar surface area (TPSA) is 12.0 Å². The van der Waals surface area contributed by atoms with Crippen molar-refractivity contribution < 1.29 is 0 Å². The molecule has 1 saturated carbocycles. The summed E-state index contributed by atoms with van der Waals surface area (Å²) in [4.78, 5) is 0. The lowest BCUT2D eigenvalue weighted by Gasteiger charge is -2.10. The number of hydrogen-bond donors (Lipinski definition) is 1. The van der Waals surface area contributed by atoms with Crippen molar-refractivity contribution in [3.05, 3.63) is 59.2 Å². The number of rotatable bonds is 6. The van der Waals surface area contributed by atoms with Gasteiger partial charge in [0.05, 0.1) is 0 Å². The molecule has 1 nitrogen and oxygen atoms in total. The highest BCUT2D eigenvalue weighted by atomic mass is 14.9. The molecule has 0 radical (unpaired) electrons. The van der Waals surface area contributed by atoms with Crippen LogP contribution in [0.25, 0.3) is 11.1 Å². The Bertz CT molecular complexity index is 594. The lowest BCUT2D eigenvalue weighted by molar-refractivity contribution is 0.688. The van der Waals surface area contributed by atoms with Crippen LogP contribution in [0.15, 0.2) is 42.5 Å². The van der Waals surface area contributed by atoms with Gasteiger partial charge >= 0.3 is 0 Å². The lowest BCUT2D eigenvalue weighted by atomic mass is 9.96. The highest BCUT2D eigenvalue weighted by molar-refractivity contribution is 5.65. The second-order valence-electron chi connectivity index (χ2n) is 6.04. The Balaban J connectivity index is 1.76. The fraction of sp³-hybridized carbons (Fsp3) is 0.400. The first-order valence-electron chi connectivity index (χ1n) is 8.24. The van der Waals surface area contributed by atoms with E-state index in [1.165, 1.54) is 40.7 Å². The van der Waals surface area contributed by atoms with Gasteiger partial charge in [0.2, 0.25) is 0 Å². The molecule has 0 spiro atoms. The molecule has 1 N–H and O–H groups in total. The minimum absolute atomic E-state index is 0.776. The van der Waals surface area contributed by atoms with Crippen LogP contribution >= 0.6 is 0 Å². The molecule has 0 aromatic heterocycles. The standard InChI is InChI=1S/C20H25N/c1-3-16-9-10-19(13-17(16)4-2)18-7-5-15(6-8-18)14-21-20-11-12-20/h5-10,13,20-21H,3-4,11-12,14H2,1-2H3. The van der Waals surface area contributed by atoms with Crippen molar-refractivity contribution in [3.63, 3.8) is 0 Å². The van der Waals surface area contributed by atoms with Crippen LogP contribution in [0.4, 0.5) is 0 Å². The minimum Gasteiger partial charge on any atom is -0.310 e. The molecule has 0 amide bonds. The summed E-state index contributed by atoms with van der Waals surface area (Å²) >= 11 is 0. The van der Waals surface area contributed by atoms with Gasteiger partial charge < -0.3 is 5.32 Å². The molecule has 0 bridgehead atoms. The molecule has 1 heteroatoms. The van der Waals surface area contributed by atoms with Crippen LogP contribution in [0, 0.1) is 0 Å². The molecule has 21 heavy (non-hydrogen) atoms. The monoisotopic (exact) mass is 279 g/mol. The van der Waals surface area contributed by atoms with E-state index in [-0.39, 0.29) is 0 Å². The normalized spacial score (nSPS) is 14.4. The maximum Gasteiger partial charge on any atom is 0.0208 e. The van der Waals surface area contributed by atoms with E-state index in [9.17, 15) is 0 Å². The van der Waals surface area contributed by atoms with Gasteiger partial charge in [-0.3, -0.25) is 0 Å². The molecule has 2 aromatic carbocycles. The van der Waals surface area contributed by atoms with E-state index in [0.29, 0.717) is 0 Å². The molecule has 0 heterocycles. The van der Waals surface area contributed by atoms with Crippen molar-refractivity contribution in [1.82, 2.24) is 5.32 Å². The molecule has 2 aromatic rings. The van der Waals surface area contributed by atoms with Crippen LogP contribution in [0.2, 0.25) is 0 Å². The average Bonchev–Trinajstić information content (AvgIpc) is 3.37. The van der Waals surface area contributed by atoms with Crippen molar-refractivity contribution in [3.8, 4) is 11.1 Å². The van der Waals surface area contributed by atoms with E-state index in [1.54, 1.807) is 0 Å². The van der Waals surface area contributed by atoms with Gasteiger partial charge in [0.25, 0.3) is 0 Å². The number of aryl methyl sites for hydroxylation is 2. The third-order valence-electron chi connectivity index (χ3n) is 4.43. The summed E-state index contributed by atoms with van der Waals surface area (Å²) in [6.45, 7) is 5.47. The third kappa shape index (κ3) is 3.54. The van der Waals surface area contributed by atoms with Gasteiger partial charge in [-0.2, -0.15) is 0 Å². The summed E-state index contributed by atoms with van der Waals surface area (Å²) in [6.07, 6.45) is 4.93. The van der Waals surface area contributed by atoms with Gasteiger partial charge in [-0.25, -0.2) is 0 Å². The Morgan fingerprint density at radius 3 is 2.14 bits per heavy atom. The first-order chi connectivity index (χ1) is 10.3. The average molecular weight is 279 g/mol. The highest BCUT2D eigenvalue weighted by Gasteiger charge is 2.19. The number of benzene rings is 2.